The summed E-state index contributed by atoms with van der Waals surface area (Å²) >= 11 is 0. The Morgan fingerprint density at radius 2 is 1.47 bits per heavy atom. The van der Waals surface area contributed by atoms with Crippen molar-refractivity contribution in [2.24, 2.45) is 17.8 Å². The summed E-state index contributed by atoms with van der Waals surface area (Å²) in [6, 6.07) is 0.848. The van der Waals surface area contributed by atoms with Crippen LogP contribution < -0.4 is 5.32 Å². The van der Waals surface area contributed by atoms with Crippen LogP contribution in [0.15, 0.2) is 0 Å². The fraction of sp³-hybridized carbons (Fsp3) is 1.00. The zero-order chi connectivity index (χ0) is 12.1. The van der Waals surface area contributed by atoms with Crippen molar-refractivity contribution in [1.29, 1.82) is 0 Å². The van der Waals surface area contributed by atoms with Gasteiger partial charge in [-0.05, 0) is 50.0 Å². The number of nitrogens with one attached hydrogen (secondary N) is 1. The molecule has 1 heteroatoms. The number of hydrogen-bond acceptors (Lipinski definition) is 1. The Balaban J connectivity index is 1.87. The van der Waals surface area contributed by atoms with Crippen LogP contribution in [0.1, 0.15) is 71.6 Å². The van der Waals surface area contributed by atoms with Crippen molar-refractivity contribution in [2.75, 3.05) is 6.54 Å². The topological polar surface area (TPSA) is 12.0 Å². The molecular formula is C16H31N. The molecule has 17 heavy (non-hydrogen) atoms. The van der Waals surface area contributed by atoms with Crippen molar-refractivity contribution in [2.45, 2.75) is 77.7 Å². The van der Waals surface area contributed by atoms with Gasteiger partial charge in [-0.25, -0.2) is 0 Å². The Kier molecular flexibility index (Phi) is 5.34. The van der Waals surface area contributed by atoms with Gasteiger partial charge in [0, 0.05) is 6.04 Å². The standard InChI is InChI=1S/C16H31N/c1-3-13-9-11-15(12-10-13)16(17-4-2)14-7-5-6-8-14/h13-17H,3-12H2,1-2H3. The zero-order valence-electron chi connectivity index (χ0n) is 11.9. The Bertz CT molecular complexity index is 200. The van der Waals surface area contributed by atoms with Crippen molar-refractivity contribution in [3.8, 4) is 0 Å². The third-order valence-corrected chi connectivity index (χ3v) is 5.32. The molecule has 0 spiro atoms. The molecule has 0 aliphatic heterocycles. The van der Waals surface area contributed by atoms with Gasteiger partial charge in [0.2, 0.25) is 0 Å². The Labute approximate surface area is 108 Å². The molecular weight excluding hydrogens is 206 g/mol. The van der Waals surface area contributed by atoms with E-state index >= 15 is 0 Å². The minimum absolute atomic E-state index is 0.848. The lowest BCUT2D eigenvalue weighted by Gasteiger charge is -2.37. The van der Waals surface area contributed by atoms with Gasteiger partial charge in [0.1, 0.15) is 0 Å². The first-order chi connectivity index (χ1) is 8.35. The highest BCUT2D eigenvalue weighted by atomic mass is 14.9. The minimum Gasteiger partial charge on any atom is -0.314 e. The van der Waals surface area contributed by atoms with Crippen LogP contribution in [0.2, 0.25) is 0 Å². The van der Waals surface area contributed by atoms with E-state index in [1.54, 1.807) is 0 Å². The first kappa shape index (κ1) is 13.4. The van der Waals surface area contributed by atoms with Gasteiger partial charge >= 0.3 is 0 Å². The number of rotatable bonds is 5. The van der Waals surface area contributed by atoms with Crippen LogP contribution in [0.25, 0.3) is 0 Å². The largest absolute Gasteiger partial charge is 0.314 e. The maximum atomic E-state index is 3.83. The third kappa shape index (κ3) is 3.47. The zero-order valence-corrected chi connectivity index (χ0v) is 11.9. The number of hydrogen-bond donors (Lipinski definition) is 1. The fourth-order valence-corrected chi connectivity index (χ4v) is 4.23. The molecule has 0 radical (unpaired) electrons. The molecule has 2 fully saturated rings. The summed E-state index contributed by atoms with van der Waals surface area (Å²) in [6.07, 6.45) is 13.3. The van der Waals surface area contributed by atoms with Gasteiger partial charge < -0.3 is 5.32 Å². The van der Waals surface area contributed by atoms with Gasteiger partial charge in [0.05, 0.1) is 0 Å². The lowest BCUT2D eigenvalue weighted by atomic mass is 9.74. The van der Waals surface area contributed by atoms with E-state index in [1.807, 2.05) is 0 Å². The molecule has 100 valence electrons. The second kappa shape index (κ2) is 6.78. The molecule has 0 aromatic carbocycles. The molecule has 0 amide bonds. The summed E-state index contributed by atoms with van der Waals surface area (Å²) in [5.41, 5.74) is 0. The highest BCUT2D eigenvalue weighted by Crippen LogP contribution is 2.38. The van der Waals surface area contributed by atoms with Crippen molar-refractivity contribution in [3.63, 3.8) is 0 Å². The first-order valence-electron chi connectivity index (χ1n) is 8.08. The van der Waals surface area contributed by atoms with E-state index in [0.29, 0.717) is 0 Å². The van der Waals surface area contributed by atoms with Crippen LogP contribution in [0, 0.1) is 17.8 Å². The van der Waals surface area contributed by atoms with E-state index in [9.17, 15) is 0 Å². The molecule has 2 aliphatic rings. The normalized spacial score (nSPS) is 32.8. The van der Waals surface area contributed by atoms with Gasteiger partial charge in [0.15, 0.2) is 0 Å². The predicted molar refractivity (Wildman–Crippen MR) is 75.2 cm³/mol. The molecule has 0 bridgehead atoms. The van der Waals surface area contributed by atoms with Crippen LogP contribution in [-0.4, -0.2) is 12.6 Å². The van der Waals surface area contributed by atoms with Crippen LogP contribution in [-0.2, 0) is 0 Å². The Morgan fingerprint density at radius 3 is 2.00 bits per heavy atom. The molecule has 2 rings (SSSR count). The molecule has 0 saturated heterocycles. The quantitative estimate of drug-likeness (QED) is 0.748. The average molecular weight is 237 g/mol. The van der Waals surface area contributed by atoms with E-state index in [4.69, 9.17) is 0 Å². The molecule has 1 atom stereocenters. The maximum Gasteiger partial charge on any atom is 0.0123 e. The molecule has 1 N–H and O–H groups in total. The molecule has 1 unspecified atom stereocenters. The Hall–Kier alpha value is -0.0400. The Morgan fingerprint density at radius 1 is 0.882 bits per heavy atom. The summed E-state index contributed by atoms with van der Waals surface area (Å²) in [4.78, 5) is 0. The molecule has 0 heterocycles. The third-order valence-electron chi connectivity index (χ3n) is 5.32. The van der Waals surface area contributed by atoms with Crippen molar-refractivity contribution >= 4 is 0 Å². The van der Waals surface area contributed by atoms with Crippen molar-refractivity contribution in [3.05, 3.63) is 0 Å². The highest BCUT2D eigenvalue weighted by Gasteiger charge is 2.32. The second-order valence-corrected chi connectivity index (χ2v) is 6.32. The fourth-order valence-electron chi connectivity index (χ4n) is 4.23. The molecule has 2 saturated carbocycles. The molecule has 2 aliphatic carbocycles. The van der Waals surface area contributed by atoms with E-state index in [0.717, 1.165) is 30.3 Å². The summed E-state index contributed by atoms with van der Waals surface area (Å²) in [5, 5.41) is 3.83. The van der Waals surface area contributed by atoms with Gasteiger partial charge in [0.25, 0.3) is 0 Å². The second-order valence-electron chi connectivity index (χ2n) is 6.32. The average Bonchev–Trinajstić information content (AvgIpc) is 2.90. The van der Waals surface area contributed by atoms with Crippen LogP contribution in [0.5, 0.6) is 0 Å². The van der Waals surface area contributed by atoms with Gasteiger partial charge in [-0.2, -0.15) is 0 Å². The van der Waals surface area contributed by atoms with Crippen LogP contribution in [0.3, 0.4) is 0 Å². The summed E-state index contributed by atoms with van der Waals surface area (Å²) in [7, 11) is 0. The lowest BCUT2D eigenvalue weighted by Crippen LogP contribution is -2.42. The first-order valence-corrected chi connectivity index (χ1v) is 8.08. The van der Waals surface area contributed by atoms with Gasteiger partial charge in [-0.1, -0.05) is 46.0 Å². The van der Waals surface area contributed by atoms with Crippen LogP contribution >= 0.6 is 0 Å². The highest BCUT2D eigenvalue weighted by molar-refractivity contribution is 4.88. The molecule has 0 aromatic rings. The molecule has 1 nitrogen and oxygen atoms in total. The minimum atomic E-state index is 0.848. The van der Waals surface area contributed by atoms with E-state index < -0.39 is 0 Å². The SMILES string of the molecule is CCNC(C1CCCC1)C1CCC(CC)CC1. The monoisotopic (exact) mass is 237 g/mol. The van der Waals surface area contributed by atoms with Crippen LogP contribution in [0.4, 0.5) is 0 Å². The van der Waals surface area contributed by atoms with Crippen molar-refractivity contribution < 1.29 is 0 Å². The van der Waals surface area contributed by atoms with Gasteiger partial charge in [-0.15, -0.1) is 0 Å². The summed E-state index contributed by atoms with van der Waals surface area (Å²) < 4.78 is 0. The van der Waals surface area contributed by atoms with E-state index in [2.05, 4.69) is 19.2 Å². The van der Waals surface area contributed by atoms with Crippen molar-refractivity contribution in [1.82, 2.24) is 5.32 Å². The predicted octanol–water partition coefficient (Wildman–Crippen LogP) is 4.37. The summed E-state index contributed by atoms with van der Waals surface area (Å²) in [6.45, 7) is 5.80. The molecule has 0 aromatic heterocycles. The maximum absolute atomic E-state index is 3.83. The summed E-state index contributed by atoms with van der Waals surface area (Å²) in [5.74, 6) is 3.02. The smallest absolute Gasteiger partial charge is 0.0123 e. The van der Waals surface area contributed by atoms with Gasteiger partial charge in [-0.3, -0.25) is 0 Å². The van der Waals surface area contributed by atoms with E-state index in [-0.39, 0.29) is 0 Å². The lowest BCUT2D eigenvalue weighted by molar-refractivity contribution is 0.178. The van der Waals surface area contributed by atoms with E-state index in [1.165, 1.54) is 57.8 Å².